The molecule has 1 atom stereocenters. The van der Waals surface area contributed by atoms with E-state index in [9.17, 15) is 13.7 Å². The highest BCUT2D eigenvalue weighted by molar-refractivity contribution is 7.89. The highest BCUT2D eigenvalue weighted by Crippen LogP contribution is 2.29. The molecule has 0 spiro atoms. The lowest BCUT2D eigenvalue weighted by Crippen LogP contribution is -2.29. The number of nitriles is 1. The van der Waals surface area contributed by atoms with E-state index in [1.807, 2.05) is 47.8 Å². The van der Waals surface area contributed by atoms with Crippen LogP contribution in [0.15, 0.2) is 70.9 Å². The Morgan fingerprint density at radius 1 is 1.08 bits per heavy atom. The molecule has 6 heteroatoms. The maximum absolute atomic E-state index is 13.0. The van der Waals surface area contributed by atoms with Crippen molar-refractivity contribution in [3.8, 4) is 6.07 Å². The van der Waals surface area contributed by atoms with Crippen LogP contribution in [0.25, 0.3) is 0 Å². The number of thiophene rings is 1. The maximum atomic E-state index is 13.0. The van der Waals surface area contributed by atoms with E-state index < -0.39 is 16.1 Å². The first kappa shape index (κ1) is 18.3. The number of aryl methyl sites for hydroxylation is 1. The molecular formula is C20H18N2O2S2. The smallest absolute Gasteiger partial charge is 0.207 e. The van der Waals surface area contributed by atoms with E-state index in [4.69, 9.17) is 0 Å². The topological polar surface area (TPSA) is 70.0 Å². The van der Waals surface area contributed by atoms with Crippen LogP contribution in [0.5, 0.6) is 0 Å². The lowest BCUT2D eigenvalue weighted by atomic mass is 10.0. The van der Waals surface area contributed by atoms with Gasteiger partial charge in [-0.15, -0.1) is 11.3 Å². The van der Waals surface area contributed by atoms with Gasteiger partial charge in [0.1, 0.15) is 6.07 Å². The average Bonchev–Trinajstić information content (AvgIpc) is 3.21. The van der Waals surface area contributed by atoms with Gasteiger partial charge in [0, 0.05) is 4.88 Å². The van der Waals surface area contributed by atoms with Crippen molar-refractivity contribution in [3.63, 3.8) is 0 Å². The summed E-state index contributed by atoms with van der Waals surface area (Å²) < 4.78 is 28.7. The Morgan fingerprint density at radius 3 is 2.42 bits per heavy atom. The van der Waals surface area contributed by atoms with Gasteiger partial charge in [0.25, 0.3) is 0 Å². The summed E-state index contributed by atoms with van der Waals surface area (Å²) in [5, 5.41) is 11.2. The summed E-state index contributed by atoms with van der Waals surface area (Å²) in [6, 6.07) is 19.4. The molecule has 1 N–H and O–H groups in total. The van der Waals surface area contributed by atoms with Crippen molar-refractivity contribution in [2.75, 3.05) is 0 Å². The molecule has 26 heavy (non-hydrogen) atoms. The zero-order valence-electron chi connectivity index (χ0n) is 14.2. The number of sulfonamides is 1. The predicted molar refractivity (Wildman–Crippen MR) is 103 cm³/mol. The Kier molecular flexibility index (Phi) is 5.52. The molecule has 0 fully saturated rings. The fourth-order valence-electron chi connectivity index (χ4n) is 2.70. The molecule has 0 unspecified atom stereocenters. The number of benzene rings is 2. The molecule has 132 valence electrons. The van der Waals surface area contributed by atoms with Gasteiger partial charge in [-0.3, -0.25) is 0 Å². The second-order valence-corrected chi connectivity index (χ2v) is 8.43. The van der Waals surface area contributed by atoms with Crippen LogP contribution in [-0.2, 0) is 16.4 Å². The molecule has 3 aromatic rings. The fraction of sp³-hybridized carbons (Fsp3) is 0.150. The van der Waals surface area contributed by atoms with Crippen LogP contribution in [0.3, 0.4) is 0 Å². The summed E-state index contributed by atoms with van der Waals surface area (Å²) in [5.74, 6) is 0. The minimum Gasteiger partial charge on any atom is -0.207 e. The quantitative estimate of drug-likeness (QED) is 0.693. The SMILES string of the molecule is CCc1ccc([C@H](NS(=O)(=O)c2ccccc2C#N)c2cccs2)cc1. The summed E-state index contributed by atoms with van der Waals surface area (Å²) in [6.45, 7) is 2.08. The van der Waals surface area contributed by atoms with Gasteiger partial charge in [-0.25, -0.2) is 8.42 Å². The first-order valence-electron chi connectivity index (χ1n) is 8.19. The fourth-order valence-corrected chi connectivity index (χ4v) is 4.94. The molecule has 0 amide bonds. The minimum absolute atomic E-state index is 0.00534. The summed E-state index contributed by atoms with van der Waals surface area (Å²) in [4.78, 5) is 0.890. The molecular weight excluding hydrogens is 364 g/mol. The average molecular weight is 383 g/mol. The number of hydrogen-bond acceptors (Lipinski definition) is 4. The summed E-state index contributed by atoms with van der Waals surface area (Å²) in [7, 11) is -3.86. The van der Waals surface area contributed by atoms with Crippen molar-refractivity contribution in [3.05, 3.63) is 87.6 Å². The van der Waals surface area contributed by atoms with E-state index in [0.29, 0.717) is 0 Å². The van der Waals surface area contributed by atoms with Crippen molar-refractivity contribution in [1.82, 2.24) is 4.72 Å². The third kappa shape index (κ3) is 3.86. The Bertz CT molecular complexity index is 1020. The van der Waals surface area contributed by atoms with E-state index in [2.05, 4.69) is 11.6 Å². The van der Waals surface area contributed by atoms with Gasteiger partial charge < -0.3 is 0 Å². The maximum Gasteiger partial charge on any atom is 0.242 e. The number of rotatable bonds is 6. The van der Waals surface area contributed by atoms with Crippen molar-refractivity contribution in [1.29, 1.82) is 5.26 Å². The zero-order valence-corrected chi connectivity index (χ0v) is 15.8. The van der Waals surface area contributed by atoms with Crippen LogP contribution in [0.4, 0.5) is 0 Å². The highest BCUT2D eigenvalue weighted by atomic mass is 32.2. The van der Waals surface area contributed by atoms with Crippen molar-refractivity contribution < 1.29 is 8.42 Å². The van der Waals surface area contributed by atoms with Crippen molar-refractivity contribution in [2.24, 2.45) is 0 Å². The first-order valence-corrected chi connectivity index (χ1v) is 10.5. The molecule has 3 rings (SSSR count). The third-order valence-electron chi connectivity index (χ3n) is 4.12. The molecule has 1 aromatic heterocycles. The van der Waals surface area contributed by atoms with Gasteiger partial charge in [-0.2, -0.15) is 9.98 Å². The predicted octanol–water partition coefficient (Wildman–Crippen LogP) is 4.25. The Balaban J connectivity index is 2.02. The second kappa shape index (κ2) is 7.83. The van der Waals surface area contributed by atoms with Crippen LogP contribution in [-0.4, -0.2) is 8.42 Å². The minimum atomic E-state index is -3.86. The molecule has 0 radical (unpaired) electrons. The van der Waals surface area contributed by atoms with Crippen molar-refractivity contribution in [2.45, 2.75) is 24.3 Å². The Hall–Kier alpha value is -2.46. The van der Waals surface area contributed by atoms with Gasteiger partial charge in [0.05, 0.1) is 16.5 Å². The normalized spacial score (nSPS) is 12.5. The molecule has 2 aromatic carbocycles. The van der Waals surface area contributed by atoms with Gasteiger partial charge in [0.15, 0.2) is 0 Å². The molecule has 0 bridgehead atoms. The monoisotopic (exact) mass is 382 g/mol. The molecule has 1 heterocycles. The molecule has 4 nitrogen and oxygen atoms in total. The van der Waals surface area contributed by atoms with Crippen LogP contribution in [0.2, 0.25) is 0 Å². The Morgan fingerprint density at radius 2 is 1.81 bits per heavy atom. The van der Waals surface area contributed by atoms with E-state index in [1.165, 1.54) is 29.0 Å². The second-order valence-electron chi connectivity index (χ2n) is 5.77. The lowest BCUT2D eigenvalue weighted by molar-refractivity contribution is 0.573. The highest BCUT2D eigenvalue weighted by Gasteiger charge is 2.25. The van der Waals surface area contributed by atoms with Crippen LogP contribution >= 0.6 is 11.3 Å². The Labute approximate surface area is 157 Å². The van der Waals surface area contributed by atoms with Crippen LogP contribution in [0, 0.1) is 11.3 Å². The molecule has 0 aliphatic rings. The molecule has 0 saturated heterocycles. The van der Waals surface area contributed by atoms with Crippen LogP contribution < -0.4 is 4.72 Å². The zero-order chi connectivity index (χ0) is 18.6. The lowest BCUT2D eigenvalue weighted by Gasteiger charge is -2.19. The van der Waals surface area contributed by atoms with Crippen molar-refractivity contribution >= 4 is 21.4 Å². The van der Waals surface area contributed by atoms with E-state index in [0.717, 1.165) is 16.9 Å². The first-order chi connectivity index (χ1) is 12.5. The van der Waals surface area contributed by atoms with Gasteiger partial charge in [-0.05, 0) is 41.1 Å². The summed E-state index contributed by atoms with van der Waals surface area (Å²) in [5.41, 5.74) is 2.19. The number of hydrogen-bond donors (Lipinski definition) is 1. The van der Waals surface area contributed by atoms with Crippen LogP contribution in [0.1, 0.15) is 34.5 Å². The third-order valence-corrected chi connectivity index (χ3v) is 6.54. The molecule has 0 aliphatic carbocycles. The number of nitrogens with zero attached hydrogens (tertiary/aromatic N) is 1. The number of nitrogens with one attached hydrogen (secondary N) is 1. The van der Waals surface area contributed by atoms with Gasteiger partial charge in [0.2, 0.25) is 10.0 Å². The van der Waals surface area contributed by atoms with Gasteiger partial charge in [-0.1, -0.05) is 49.4 Å². The van der Waals surface area contributed by atoms with E-state index in [1.54, 1.807) is 12.1 Å². The van der Waals surface area contributed by atoms with Gasteiger partial charge >= 0.3 is 0 Å². The standard InChI is InChI=1S/C20H18N2O2S2/c1-2-15-9-11-16(12-10-15)20(18-7-5-13-25-18)22-26(23,24)19-8-4-3-6-17(19)14-21/h3-13,20,22H,2H2,1H3/t20-/m0/s1. The summed E-state index contributed by atoms with van der Waals surface area (Å²) in [6.07, 6.45) is 0.922. The molecule has 0 aliphatic heterocycles. The summed E-state index contributed by atoms with van der Waals surface area (Å²) >= 11 is 1.49. The van der Waals surface area contributed by atoms with E-state index in [-0.39, 0.29) is 10.5 Å². The largest absolute Gasteiger partial charge is 0.242 e. The van der Waals surface area contributed by atoms with E-state index >= 15 is 0 Å². The molecule has 0 saturated carbocycles.